The fourth-order valence-electron chi connectivity index (χ4n) is 2.79. The Morgan fingerprint density at radius 2 is 1.79 bits per heavy atom. The Hall–Kier alpha value is -4.40. The molecule has 0 atom stereocenters. The summed E-state index contributed by atoms with van der Waals surface area (Å²) in [6, 6.07) is 15.0. The highest BCUT2D eigenvalue weighted by Gasteiger charge is 2.18. The first-order chi connectivity index (χ1) is 16.3. The molecule has 2 amide bonds. The van der Waals surface area contributed by atoms with Gasteiger partial charge in [-0.05, 0) is 70.0 Å². The van der Waals surface area contributed by atoms with Crippen LogP contribution in [-0.2, 0) is 14.3 Å². The number of esters is 1. The van der Waals surface area contributed by atoms with E-state index in [0.717, 1.165) is 0 Å². The first kappa shape index (κ1) is 24.2. The number of methoxy groups -OCH3 is 1. The number of hydrogen-bond donors (Lipinski definition) is 3. The highest BCUT2D eigenvalue weighted by molar-refractivity contribution is 9.10. The van der Waals surface area contributed by atoms with Gasteiger partial charge in [-0.1, -0.05) is 18.2 Å². The van der Waals surface area contributed by atoms with Gasteiger partial charge < -0.3 is 24.9 Å². The van der Waals surface area contributed by atoms with Crippen LogP contribution in [-0.4, -0.2) is 35.9 Å². The molecular formula is C24H17BrN2O7. The van der Waals surface area contributed by atoms with Crippen molar-refractivity contribution in [2.45, 2.75) is 0 Å². The van der Waals surface area contributed by atoms with E-state index in [1.54, 1.807) is 12.1 Å². The Morgan fingerprint density at radius 3 is 2.41 bits per heavy atom. The van der Waals surface area contributed by atoms with Crippen molar-refractivity contribution in [3.63, 3.8) is 0 Å². The molecule has 0 fully saturated rings. The second-order valence-electron chi connectivity index (χ2n) is 6.72. The predicted octanol–water partition coefficient (Wildman–Crippen LogP) is 3.97. The molecule has 1 heterocycles. The molecule has 10 heteroatoms. The lowest BCUT2D eigenvalue weighted by molar-refractivity contribution is -0.113. The molecule has 3 aromatic rings. The fraction of sp³-hybridized carbons (Fsp3) is 0.0417. The Bertz CT molecular complexity index is 1320. The molecule has 172 valence electrons. The zero-order valence-corrected chi connectivity index (χ0v) is 19.2. The van der Waals surface area contributed by atoms with Gasteiger partial charge in [-0.15, -0.1) is 0 Å². The molecule has 0 saturated heterocycles. The maximum Gasteiger partial charge on any atom is 0.337 e. The number of hydrogen-bond acceptors (Lipinski definition) is 7. The second-order valence-corrected chi connectivity index (χ2v) is 7.50. The van der Waals surface area contributed by atoms with Crippen LogP contribution in [0.2, 0.25) is 0 Å². The molecule has 0 radical (unpaired) electrons. The maximum absolute atomic E-state index is 13.0. The van der Waals surface area contributed by atoms with Crippen molar-refractivity contribution in [1.82, 2.24) is 5.32 Å². The van der Waals surface area contributed by atoms with Gasteiger partial charge in [-0.2, -0.15) is 0 Å². The molecule has 0 spiro atoms. The van der Waals surface area contributed by atoms with E-state index in [2.05, 4.69) is 31.3 Å². The molecule has 0 saturated carbocycles. The molecule has 0 aliphatic rings. The van der Waals surface area contributed by atoms with Gasteiger partial charge >= 0.3 is 5.97 Å². The number of ether oxygens (including phenoxy) is 1. The van der Waals surface area contributed by atoms with Gasteiger partial charge in [0.25, 0.3) is 11.8 Å². The fourth-order valence-corrected chi connectivity index (χ4v) is 3.09. The molecule has 0 bridgehead atoms. The summed E-state index contributed by atoms with van der Waals surface area (Å²) in [5.74, 6) is -1.13. The van der Waals surface area contributed by atoms with E-state index in [-0.39, 0.29) is 17.0 Å². The molecule has 0 unspecified atom stereocenters. The third-order valence-corrected chi connectivity index (χ3v) is 4.85. The van der Waals surface area contributed by atoms with Crippen LogP contribution in [0.5, 0.6) is 0 Å². The van der Waals surface area contributed by atoms with E-state index in [1.807, 2.05) is 0 Å². The molecule has 9 nitrogen and oxygen atoms in total. The predicted molar refractivity (Wildman–Crippen MR) is 126 cm³/mol. The topological polar surface area (TPSA) is 135 Å². The summed E-state index contributed by atoms with van der Waals surface area (Å²) in [7, 11) is 1.26. The van der Waals surface area contributed by atoms with E-state index < -0.39 is 23.5 Å². The van der Waals surface area contributed by atoms with Crippen molar-refractivity contribution in [3.8, 4) is 0 Å². The van der Waals surface area contributed by atoms with Crippen LogP contribution >= 0.6 is 15.9 Å². The number of carbonyl (C=O) groups excluding carboxylic acids is 4. The Labute approximate surface area is 201 Å². The van der Waals surface area contributed by atoms with Crippen molar-refractivity contribution in [3.05, 3.63) is 93.5 Å². The molecule has 0 aliphatic carbocycles. The minimum absolute atomic E-state index is 0.0386. The van der Waals surface area contributed by atoms with Gasteiger partial charge in [0, 0.05) is 11.3 Å². The molecule has 34 heavy (non-hydrogen) atoms. The smallest absolute Gasteiger partial charge is 0.337 e. The maximum atomic E-state index is 13.0. The standard InChI is InChI=1S/C24H17BrN2O7/c1-33-24(32)15-5-7-17(8-6-15)26-22(30)18(27-23(31)20-9-10-21(25)34-20)12-14-3-2-4-16(11-14)19(29)13-28/h2-12,29H,1H3,(H,26,30)(H,27,31)/b18-12+. The van der Waals surface area contributed by atoms with Crippen molar-refractivity contribution < 1.29 is 33.4 Å². The minimum Gasteiger partial charge on any atom is -0.499 e. The number of furan rings is 1. The summed E-state index contributed by atoms with van der Waals surface area (Å²) >= 11 is 3.11. The highest BCUT2D eigenvalue weighted by Crippen LogP contribution is 2.17. The summed E-state index contributed by atoms with van der Waals surface area (Å²) in [4.78, 5) is 47.9. The molecule has 1 aromatic heterocycles. The van der Waals surface area contributed by atoms with Gasteiger partial charge in [0.05, 0.1) is 12.7 Å². The summed E-state index contributed by atoms with van der Waals surface area (Å²) < 4.78 is 10.2. The van der Waals surface area contributed by atoms with Crippen molar-refractivity contribution >= 4 is 57.2 Å². The Morgan fingerprint density at radius 1 is 1.06 bits per heavy atom. The quantitative estimate of drug-likeness (QED) is 0.184. The molecule has 2 aromatic carbocycles. The monoisotopic (exact) mass is 524 g/mol. The third-order valence-electron chi connectivity index (χ3n) is 4.42. The number of aliphatic hydroxyl groups is 1. The van der Waals surface area contributed by atoms with E-state index in [4.69, 9.17) is 4.42 Å². The average molecular weight is 525 g/mol. The number of rotatable bonds is 7. The first-order valence-corrected chi connectivity index (χ1v) is 10.4. The number of carbonyl (C=O) groups is 3. The van der Waals surface area contributed by atoms with E-state index in [0.29, 0.717) is 21.5 Å². The number of aliphatic hydroxyl groups excluding tert-OH is 1. The lowest BCUT2D eigenvalue weighted by Crippen LogP contribution is -2.30. The van der Waals surface area contributed by atoms with Crippen molar-refractivity contribution in [2.75, 3.05) is 12.4 Å². The third kappa shape index (κ3) is 6.10. The largest absolute Gasteiger partial charge is 0.499 e. The molecular weight excluding hydrogens is 508 g/mol. The summed E-state index contributed by atoms with van der Waals surface area (Å²) in [5, 5.41) is 14.8. The van der Waals surface area contributed by atoms with Gasteiger partial charge in [-0.25, -0.2) is 9.59 Å². The summed E-state index contributed by atoms with van der Waals surface area (Å²) in [6.07, 6.45) is 1.36. The van der Waals surface area contributed by atoms with Crippen LogP contribution in [0.25, 0.3) is 11.8 Å². The number of nitrogens with one attached hydrogen (secondary N) is 2. The van der Waals surface area contributed by atoms with Gasteiger partial charge in [0.15, 0.2) is 16.4 Å². The number of anilines is 1. The molecule has 3 rings (SSSR count). The van der Waals surface area contributed by atoms with Gasteiger partial charge in [0.2, 0.25) is 5.76 Å². The minimum atomic E-state index is -0.681. The van der Waals surface area contributed by atoms with Gasteiger partial charge in [0.1, 0.15) is 5.70 Å². The SMILES string of the molecule is COC(=O)c1ccc(NC(=O)/C(=C\c2cccc(C(O)=C=O)c2)NC(=O)c2ccc(Br)o2)cc1. The van der Waals surface area contributed by atoms with Crippen LogP contribution in [0, 0.1) is 0 Å². The number of halogens is 1. The normalized spacial score (nSPS) is 10.7. The molecule has 3 N–H and O–H groups in total. The Kier molecular flexibility index (Phi) is 7.81. The first-order valence-electron chi connectivity index (χ1n) is 9.63. The lowest BCUT2D eigenvalue weighted by Gasteiger charge is -2.11. The van der Waals surface area contributed by atoms with Crippen LogP contribution in [0.1, 0.15) is 32.0 Å². The summed E-state index contributed by atoms with van der Waals surface area (Å²) in [5.41, 5.74) is 1.09. The zero-order chi connectivity index (χ0) is 24.7. The van der Waals surface area contributed by atoms with E-state index in [1.165, 1.54) is 67.7 Å². The van der Waals surface area contributed by atoms with Gasteiger partial charge in [-0.3, -0.25) is 9.59 Å². The van der Waals surface area contributed by atoms with Crippen molar-refractivity contribution in [1.29, 1.82) is 0 Å². The van der Waals surface area contributed by atoms with Crippen LogP contribution < -0.4 is 10.6 Å². The van der Waals surface area contributed by atoms with Crippen molar-refractivity contribution in [2.24, 2.45) is 0 Å². The Balaban J connectivity index is 1.91. The highest BCUT2D eigenvalue weighted by atomic mass is 79.9. The average Bonchev–Trinajstić information content (AvgIpc) is 3.29. The summed E-state index contributed by atoms with van der Waals surface area (Å²) in [6.45, 7) is 0. The van der Waals surface area contributed by atoms with E-state index in [9.17, 15) is 24.3 Å². The van der Waals surface area contributed by atoms with E-state index >= 15 is 0 Å². The zero-order valence-electron chi connectivity index (χ0n) is 17.6. The lowest BCUT2D eigenvalue weighted by atomic mass is 10.1. The van der Waals surface area contributed by atoms with Crippen LogP contribution in [0.3, 0.4) is 0 Å². The van der Waals surface area contributed by atoms with Crippen LogP contribution in [0.15, 0.2) is 75.4 Å². The number of benzene rings is 2. The van der Waals surface area contributed by atoms with Crippen LogP contribution in [0.4, 0.5) is 5.69 Å². The molecule has 0 aliphatic heterocycles. The second kappa shape index (κ2) is 11.0. The number of amides is 2.